The van der Waals surface area contributed by atoms with Gasteiger partial charge in [-0.05, 0) is 61.4 Å². The number of nitriles is 1. The Morgan fingerprint density at radius 3 is 2.36 bits per heavy atom. The van der Waals surface area contributed by atoms with Gasteiger partial charge in [0.25, 0.3) is 5.56 Å². The molecule has 7 nitrogen and oxygen atoms in total. The summed E-state index contributed by atoms with van der Waals surface area (Å²) in [7, 11) is 0. The van der Waals surface area contributed by atoms with Crippen LogP contribution in [0.5, 0.6) is 11.5 Å². The third-order valence-electron chi connectivity index (χ3n) is 5.94. The van der Waals surface area contributed by atoms with E-state index in [2.05, 4.69) is 16.4 Å². The van der Waals surface area contributed by atoms with Crippen LogP contribution in [-0.4, -0.2) is 26.8 Å². The molecule has 182 valence electrons. The van der Waals surface area contributed by atoms with E-state index in [0.717, 1.165) is 11.8 Å². The third kappa shape index (κ3) is 5.42. The smallest absolute Gasteiger partial charge is 0.266 e. The molecule has 0 bridgehead atoms. The zero-order valence-corrected chi connectivity index (χ0v) is 21.1. The molecule has 0 aliphatic carbocycles. The topological polar surface area (TPSA) is 97.0 Å². The summed E-state index contributed by atoms with van der Waals surface area (Å²) in [5.74, 6) is 0.972. The predicted molar refractivity (Wildman–Crippen MR) is 142 cm³/mol. The SMILES string of the molecule is CC(C)[C@](C)(C#N)NC(=O)CSc1nc2ccccc2c(=O)n1-c1ccc(Oc2ccccc2)cc1. The molecule has 0 radical (unpaired) electrons. The lowest BCUT2D eigenvalue weighted by Gasteiger charge is -2.27. The maximum Gasteiger partial charge on any atom is 0.266 e. The summed E-state index contributed by atoms with van der Waals surface area (Å²) in [5.41, 5.74) is -0.0625. The van der Waals surface area contributed by atoms with Crippen molar-refractivity contribution in [1.29, 1.82) is 5.26 Å². The monoisotopic (exact) mass is 498 g/mol. The van der Waals surface area contributed by atoms with Crippen LogP contribution in [0.1, 0.15) is 20.8 Å². The molecule has 0 aliphatic rings. The zero-order valence-electron chi connectivity index (χ0n) is 20.3. The highest BCUT2D eigenvalue weighted by molar-refractivity contribution is 7.99. The molecule has 0 unspecified atom stereocenters. The second-order valence-corrected chi connectivity index (χ2v) is 9.71. The van der Waals surface area contributed by atoms with Crippen molar-refractivity contribution in [3.05, 3.63) is 89.2 Å². The molecule has 0 spiro atoms. The summed E-state index contributed by atoms with van der Waals surface area (Å²) >= 11 is 1.15. The van der Waals surface area contributed by atoms with Crippen molar-refractivity contribution in [3.8, 4) is 23.3 Å². The number of fused-ring (bicyclic) bond motifs is 1. The van der Waals surface area contributed by atoms with E-state index in [0.29, 0.717) is 33.2 Å². The average molecular weight is 499 g/mol. The van der Waals surface area contributed by atoms with Gasteiger partial charge in [-0.25, -0.2) is 4.98 Å². The van der Waals surface area contributed by atoms with Crippen molar-refractivity contribution in [2.75, 3.05) is 5.75 Å². The molecule has 1 amide bonds. The van der Waals surface area contributed by atoms with Crippen LogP contribution in [0.25, 0.3) is 16.6 Å². The van der Waals surface area contributed by atoms with Gasteiger partial charge in [-0.2, -0.15) is 5.26 Å². The Hall–Kier alpha value is -4.09. The average Bonchev–Trinajstić information content (AvgIpc) is 2.88. The number of nitrogens with one attached hydrogen (secondary N) is 1. The molecule has 1 N–H and O–H groups in total. The number of hydrogen-bond acceptors (Lipinski definition) is 6. The number of hydrogen-bond donors (Lipinski definition) is 1. The molecule has 4 aromatic rings. The van der Waals surface area contributed by atoms with Crippen LogP contribution in [0.2, 0.25) is 0 Å². The van der Waals surface area contributed by atoms with Gasteiger partial charge in [0.15, 0.2) is 5.16 Å². The highest BCUT2D eigenvalue weighted by Crippen LogP contribution is 2.25. The van der Waals surface area contributed by atoms with Gasteiger partial charge in [0, 0.05) is 0 Å². The molecule has 3 aromatic carbocycles. The number of rotatable bonds is 8. The number of ether oxygens (including phenoxy) is 1. The van der Waals surface area contributed by atoms with Crippen molar-refractivity contribution in [2.24, 2.45) is 5.92 Å². The maximum absolute atomic E-state index is 13.5. The Kier molecular flexibility index (Phi) is 7.41. The van der Waals surface area contributed by atoms with Gasteiger partial charge < -0.3 is 10.1 Å². The second kappa shape index (κ2) is 10.7. The van der Waals surface area contributed by atoms with Crippen molar-refractivity contribution in [1.82, 2.24) is 14.9 Å². The molecule has 36 heavy (non-hydrogen) atoms. The van der Waals surface area contributed by atoms with Gasteiger partial charge in [0.1, 0.15) is 17.0 Å². The molecule has 0 saturated carbocycles. The highest BCUT2D eigenvalue weighted by atomic mass is 32.2. The minimum Gasteiger partial charge on any atom is -0.457 e. The first kappa shape index (κ1) is 25.0. The van der Waals surface area contributed by atoms with Gasteiger partial charge in [0.05, 0.1) is 28.4 Å². The van der Waals surface area contributed by atoms with Gasteiger partial charge >= 0.3 is 0 Å². The molecule has 4 rings (SSSR count). The Bertz CT molecular complexity index is 1480. The maximum atomic E-state index is 13.5. The van der Waals surface area contributed by atoms with E-state index in [1.54, 1.807) is 49.4 Å². The van der Waals surface area contributed by atoms with Crippen molar-refractivity contribution < 1.29 is 9.53 Å². The van der Waals surface area contributed by atoms with E-state index in [4.69, 9.17) is 4.74 Å². The summed E-state index contributed by atoms with van der Waals surface area (Å²) in [6.07, 6.45) is 0. The summed E-state index contributed by atoms with van der Waals surface area (Å²) in [6, 6.07) is 25.9. The third-order valence-corrected chi connectivity index (χ3v) is 6.88. The Morgan fingerprint density at radius 1 is 1.06 bits per heavy atom. The first-order valence-electron chi connectivity index (χ1n) is 11.5. The number of nitrogens with zero attached hydrogens (tertiary/aromatic N) is 3. The van der Waals surface area contributed by atoms with E-state index in [9.17, 15) is 14.9 Å². The Labute approximate surface area is 213 Å². The summed E-state index contributed by atoms with van der Waals surface area (Å²) in [5, 5.41) is 13.2. The van der Waals surface area contributed by atoms with E-state index in [1.807, 2.05) is 50.2 Å². The molecular weight excluding hydrogens is 472 g/mol. The van der Waals surface area contributed by atoms with Gasteiger partial charge in [-0.15, -0.1) is 0 Å². The van der Waals surface area contributed by atoms with Crippen LogP contribution < -0.4 is 15.6 Å². The molecule has 8 heteroatoms. The molecule has 1 atom stereocenters. The number of thioether (sulfide) groups is 1. The summed E-state index contributed by atoms with van der Waals surface area (Å²) in [6.45, 7) is 5.46. The molecule has 0 fully saturated rings. The normalized spacial score (nSPS) is 12.6. The molecule has 1 aromatic heterocycles. The van der Waals surface area contributed by atoms with E-state index in [-0.39, 0.29) is 23.1 Å². The van der Waals surface area contributed by atoms with Gasteiger partial charge in [-0.1, -0.05) is 55.9 Å². The second-order valence-electron chi connectivity index (χ2n) is 8.77. The van der Waals surface area contributed by atoms with Crippen LogP contribution in [0, 0.1) is 17.2 Å². The van der Waals surface area contributed by atoms with Crippen LogP contribution in [0.15, 0.2) is 88.8 Å². The molecule has 0 aliphatic heterocycles. The van der Waals surface area contributed by atoms with Gasteiger partial charge in [-0.3, -0.25) is 14.2 Å². The number of benzene rings is 3. The van der Waals surface area contributed by atoms with Crippen LogP contribution in [-0.2, 0) is 4.79 Å². The number of carbonyl (C=O) groups is 1. The molecule has 0 saturated heterocycles. The van der Waals surface area contributed by atoms with E-state index >= 15 is 0 Å². The molecular formula is C28H26N4O3S. The quantitative estimate of drug-likeness (QED) is 0.261. The van der Waals surface area contributed by atoms with Crippen molar-refractivity contribution in [3.63, 3.8) is 0 Å². The number of amides is 1. The summed E-state index contributed by atoms with van der Waals surface area (Å²) < 4.78 is 7.37. The standard InChI is InChI=1S/C28H26N4O3S/c1-19(2)28(3,18-29)31-25(33)17-36-27-30-24-12-8-7-11-23(24)26(34)32(27)20-13-15-22(16-14-20)35-21-9-5-4-6-10-21/h4-16,19H,17H2,1-3H3,(H,31,33)/t28-/m0/s1. The number of carbonyl (C=O) groups excluding carboxylic acids is 1. The zero-order chi connectivity index (χ0) is 25.7. The fraction of sp³-hybridized carbons (Fsp3) is 0.214. The Morgan fingerprint density at radius 2 is 1.69 bits per heavy atom. The lowest BCUT2D eigenvalue weighted by atomic mass is 9.90. The summed E-state index contributed by atoms with van der Waals surface area (Å²) in [4.78, 5) is 30.8. The highest BCUT2D eigenvalue weighted by Gasteiger charge is 2.30. The fourth-order valence-corrected chi connectivity index (χ4v) is 4.29. The van der Waals surface area contributed by atoms with E-state index in [1.165, 1.54) is 4.57 Å². The fourth-order valence-electron chi connectivity index (χ4n) is 3.48. The minimum absolute atomic E-state index is 0.00394. The molecule has 1 heterocycles. The van der Waals surface area contributed by atoms with Crippen LogP contribution in [0.3, 0.4) is 0 Å². The van der Waals surface area contributed by atoms with Gasteiger partial charge in [0.2, 0.25) is 5.91 Å². The van der Waals surface area contributed by atoms with E-state index < -0.39 is 5.54 Å². The van der Waals surface area contributed by atoms with Crippen LogP contribution in [0.4, 0.5) is 0 Å². The Balaban J connectivity index is 1.65. The lowest BCUT2D eigenvalue weighted by molar-refractivity contribution is -0.120. The lowest BCUT2D eigenvalue weighted by Crippen LogP contribution is -2.49. The van der Waals surface area contributed by atoms with Crippen molar-refractivity contribution in [2.45, 2.75) is 31.5 Å². The first-order valence-corrected chi connectivity index (χ1v) is 12.5. The minimum atomic E-state index is -0.983. The number of aromatic nitrogens is 2. The predicted octanol–water partition coefficient (Wildman–Crippen LogP) is 5.32. The first-order chi connectivity index (χ1) is 17.3. The van der Waals surface area contributed by atoms with Crippen molar-refractivity contribution >= 4 is 28.6 Å². The number of para-hydroxylation sites is 2. The van der Waals surface area contributed by atoms with Crippen LogP contribution >= 0.6 is 11.8 Å². The largest absolute Gasteiger partial charge is 0.457 e.